The number of morpholine rings is 1. The molecule has 1 aliphatic heterocycles. The van der Waals surface area contributed by atoms with E-state index in [9.17, 15) is 18.0 Å². The summed E-state index contributed by atoms with van der Waals surface area (Å²) < 4.78 is 44.2. The molecule has 1 N–H and O–H groups in total. The second kappa shape index (κ2) is 11.0. The first-order valence-corrected chi connectivity index (χ1v) is 11.5. The summed E-state index contributed by atoms with van der Waals surface area (Å²) in [6.07, 6.45) is -4.37. The fourth-order valence-corrected chi connectivity index (χ4v) is 4.14. The number of amides is 1. The Balaban J connectivity index is 1.69. The molecule has 1 aliphatic rings. The summed E-state index contributed by atoms with van der Waals surface area (Å²) in [5, 5.41) is 2.95. The van der Waals surface area contributed by atoms with Crippen molar-refractivity contribution in [3.8, 4) is 0 Å². The van der Waals surface area contributed by atoms with Crippen LogP contribution in [0.25, 0.3) is 0 Å². The molecule has 1 fully saturated rings. The Hall–Kier alpha value is -2.03. The highest BCUT2D eigenvalue weighted by molar-refractivity contribution is 7.98. The van der Waals surface area contributed by atoms with Gasteiger partial charge in [-0.1, -0.05) is 31.2 Å². The highest BCUT2D eigenvalue weighted by Gasteiger charge is 2.31. The number of ether oxygens (including phenoxy) is 1. The molecule has 8 heteroatoms. The molecule has 2 aromatic rings. The second-order valence-electron chi connectivity index (χ2n) is 7.33. The predicted molar refractivity (Wildman–Crippen MR) is 117 cm³/mol. The Morgan fingerprint density at radius 2 is 1.74 bits per heavy atom. The first-order chi connectivity index (χ1) is 14.9. The molecule has 0 saturated carbocycles. The van der Waals surface area contributed by atoms with Gasteiger partial charge in [0.25, 0.3) is 5.91 Å². The van der Waals surface area contributed by atoms with E-state index in [1.165, 1.54) is 17.7 Å². The number of nitrogens with one attached hydrogen (secondary N) is 1. The maximum atomic E-state index is 12.9. The minimum atomic E-state index is -4.37. The maximum absolute atomic E-state index is 12.9. The van der Waals surface area contributed by atoms with Crippen molar-refractivity contribution in [1.29, 1.82) is 0 Å². The van der Waals surface area contributed by atoms with Gasteiger partial charge in [0.1, 0.15) is 0 Å². The van der Waals surface area contributed by atoms with Crippen molar-refractivity contribution in [2.75, 3.05) is 38.6 Å². The summed E-state index contributed by atoms with van der Waals surface area (Å²) in [5.41, 5.74) is 1.79. The molecule has 168 valence electrons. The van der Waals surface area contributed by atoms with Crippen molar-refractivity contribution in [1.82, 2.24) is 10.2 Å². The SMILES string of the molecule is CCSCc1ccc(C(=O)NCC(c2ccc(C(F)(F)F)cc2)N2CCOCC2)cc1. The zero-order valence-electron chi connectivity index (χ0n) is 17.5. The number of hydrogen-bond acceptors (Lipinski definition) is 4. The number of carbonyl (C=O) groups is 1. The van der Waals surface area contributed by atoms with E-state index in [-0.39, 0.29) is 11.9 Å². The number of nitrogens with zero attached hydrogens (tertiary/aromatic N) is 1. The smallest absolute Gasteiger partial charge is 0.379 e. The molecule has 0 aromatic heterocycles. The van der Waals surface area contributed by atoms with Crippen molar-refractivity contribution in [2.45, 2.75) is 24.9 Å². The topological polar surface area (TPSA) is 41.6 Å². The van der Waals surface area contributed by atoms with E-state index in [1.54, 1.807) is 0 Å². The fraction of sp³-hybridized carbons (Fsp3) is 0.435. The Labute approximate surface area is 185 Å². The average Bonchev–Trinajstić information content (AvgIpc) is 2.78. The quantitative estimate of drug-likeness (QED) is 0.627. The van der Waals surface area contributed by atoms with E-state index in [1.807, 2.05) is 36.0 Å². The van der Waals surface area contributed by atoms with Gasteiger partial charge in [-0.25, -0.2) is 0 Å². The molecule has 0 spiro atoms. The molecule has 2 aromatic carbocycles. The molecule has 4 nitrogen and oxygen atoms in total. The van der Waals surface area contributed by atoms with Gasteiger partial charge in [-0.15, -0.1) is 0 Å². The molecule has 3 rings (SSSR count). The molecule has 1 saturated heterocycles. The van der Waals surface area contributed by atoms with Crippen molar-refractivity contribution in [3.05, 3.63) is 70.8 Å². The van der Waals surface area contributed by atoms with Gasteiger partial charge in [-0.3, -0.25) is 9.69 Å². The standard InChI is InChI=1S/C23H27F3N2O2S/c1-2-31-16-17-3-5-19(6-4-17)22(29)27-15-21(28-11-13-30-14-12-28)18-7-9-20(10-8-18)23(24,25)26/h3-10,21H,2,11-16H2,1H3,(H,27,29). The van der Waals surface area contributed by atoms with Crippen LogP contribution in [-0.4, -0.2) is 49.4 Å². The first-order valence-electron chi connectivity index (χ1n) is 10.3. The van der Waals surface area contributed by atoms with Gasteiger partial charge in [0.15, 0.2) is 0 Å². The van der Waals surface area contributed by atoms with E-state index in [0.717, 1.165) is 29.2 Å². The molecular formula is C23H27F3N2O2S. The summed E-state index contributed by atoms with van der Waals surface area (Å²) >= 11 is 1.82. The molecule has 0 bridgehead atoms. The van der Waals surface area contributed by atoms with Gasteiger partial charge in [-0.2, -0.15) is 24.9 Å². The third kappa shape index (κ3) is 6.72. The van der Waals surface area contributed by atoms with Crippen LogP contribution < -0.4 is 5.32 Å². The third-order valence-corrected chi connectivity index (χ3v) is 6.20. The summed E-state index contributed by atoms with van der Waals surface area (Å²) in [5.74, 6) is 1.75. The fourth-order valence-electron chi connectivity index (χ4n) is 3.50. The van der Waals surface area contributed by atoms with Crippen molar-refractivity contribution in [2.24, 2.45) is 0 Å². The van der Waals surface area contributed by atoms with Gasteiger partial charge in [0.05, 0.1) is 24.8 Å². The van der Waals surface area contributed by atoms with E-state index in [2.05, 4.69) is 17.1 Å². The van der Waals surface area contributed by atoms with Crippen LogP contribution in [0.15, 0.2) is 48.5 Å². The minimum Gasteiger partial charge on any atom is -0.379 e. The molecule has 0 radical (unpaired) electrons. The summed E-state index contributed by atoms with van der Waals surface area (Å²) in [7, 11) is 0. The molecule has 1 atom stereocenters. The largest absolute Gasteiger partial charge is 0.416 e. The number of thioether (sulfide) groups is 1. The van der Waals surface area contributed by atoms with Gasteiger partial charge in [0.2, 0.25) is 0 Å². The molecule has 1 unspecified atom stereocenters. The van der Waals surface area contributed by atoms with Crippen LogP contribution in [0.3, 0.4) is 0 Å². The molecule has 31 heavy (non-hydrogen) atoms. The van der Waals surface area contributed by atoms with Crippen molar-refractivity contribution < 1.29 is 22.7 Å². The molecule has 1 heterocycles. The lowest BCUT2D eigenvalue weighted by Crippen LogP contribution is -2.43. The van der Waals surface area contributed by atoms with Crippen molar-refractivity contribution in [3.63, 3.8) is 0 Å². The Bertz CT molecular complexity index is 835. The highest BCUT2D eigenvalue weighted by atomic mass is 32.2. The maximum Gasteiger partial charge on any atom is 0.416 e. The van der Waals surface area contributed by atoms with Gasteiger partial charge in [-0.05, 0) is 41.1 Å². The molecule has 1 amide bonds. The Kier molecular flexibility index (Phi) is 8.40. The second-order valence-corrected chi connectivity index (χ2v) is 8.60. The van der Waals surface area contributed by atoms with Crippen LogP contribution >= 0.6 is 11.8 Å². The number of hydrogen-bond donors (Lipinski definition) is 1. The number of carbonyl (C=O) groups excluding carboxylic acids is 1. The van der Waals surface area contributed by atoms with Crippen LogP contribution in [0, 0.1) is 0 Å². The third-order valence-electron chi connectivity index (χ3n) is 5.25. The predicted octanol–water partition coefficient (Wildman–Crippen LogP) is 4.76. The number of rotatable bonds is 8. The highest BCUT2D eigenvalue weighted by Crippen LogP contribution is 2.31. The van der Waals surface area contributed by atoms with Crippen LogP contribution in [0.2, 0.25) is 0 Å². The summed E-state index contributed by atoms with van der Waals surface area (Å²) in [6.45, 7) is 4.84. The minimum absolute atomic E-state index is 0.195. The first kappa shape index (κ1) is 23.6. The average molecular weight is 453 g/mol. The normalized spacial score (nSPS) is 16.1. The summed E-state index contributed by atoms with van der Waals surface area (Å²) in [6, 6.07) is 12.5. The number of halogens is 3. The lowest BCUT2D eigenvalue weighted by molar-refractivity contribution is -0.137. The monoisotopic (exact) mass is 452 g/mol. The Morgan fingerprint density at radius 1 is 1.10 bits per heavy atom. The van der Waals surface area contributed by atoms with E-state index >= 15 is 0 Å². The van der Waals surface area contributed by atoms with Crippen LogP contribution in [0.5, 0.6) is 0 Å². The molecular weight excluding hydrogens is 425 g/mol. The van der Waals surface area contributed by atoms with E-state index in [4.69, 9.17) is 4.74 Å². The number of benzene rings is 2. The lowest BCUT2D eigenvalue weighted by atomic mass is 10.0. The van der Waals surface area contributed by atoms with Crippen LogP contribution in [-0.2, 0) is 16.7 Å². The number of alkyl halides is 3. The molecule has 0 aliphatic carbocycles. The van der Waals surface area contributed by atoms with E-state index < -0.39 is 11.7 Å². The van der Waals surface area contributed by atoms with Gasteiger partial charge >= 0.3 is 6.18 Å². The zero-order chi connectivity index (χ0) is 22.3. The van der Waals surface area contributed by atoms with Crippen molar-refractivity contribution >= 4 is 17.7 Å². The van der Waals surface area contributed by atoms with Gasteiger partial charge < -0.3 is 10.1 Å². The van der Waals surface area contributed by atoms with Gasteiger partial charge in [0, 0.05) is 31.0 Å². The van der Waals surface area contributed by atoms with E-state index in [0.29, 0.717) is 38.4 Å². The summed E-state index contributed by atoms with van der Waals surface area (Å²) in [4.78, 5) is 14.8. The van der Waals surface area contributed by atoms with Crippen LogP contribution in [0.1, 0.15) is 40.0 Å². The lowest BCUT2D eigenvalue weighted by Gasteiger charge is -2.35. The van der Waals surface area contributed by atoms with Crippen LogP contribution in [0.4, 0.5) is 13.2 Å². The zero-order valence-corrected chi connectivity index (χ0v) is 18.3. The Morgan fingerprint density at radius 3 is 2.32 bits per heavy atom.